The molecule has 3 rings (SSSR count). The van der Waals surface area contributed by atoms with Crippen molar-refractivity contribution in [3.8, 4) is 5.75 Å². The Labute approximate surface area is 166 Å². The van der Waals surface area contributed by atoms with Gasteiger partial charge in [-0.05, 0) is 61.4 Å². The maximum atomic E-state index is 12.1. The van der Waals surface area contributed by atoms with Crippen LogP contribution in [0.5, 0.6) is 5.75 Å². The Balaban J connectivity index is 1.42. The summed E-state index contributed by atoms with van der Waals surface area (Å²) in [6, 6.07) is 13.8. The van der Waals surface area contributed by atoms with Crippen LogP contribution in [0.3, 0.4) is 0 Å². The molecule has 1 amide bonds. The van der Waals surface area contributed by atoms with Crippen LogP contribution in [0.2, 0.25) is 0 Å². The fourth-order valence-corrected chi connectivity index (χ4v) is 3.42. The molecule has 1 N–H and O–H groups in total. The standard InChI is InChI=1S/C23H27NO4/c1-3-21(18-9-7-16(2)8-10-18)24-22(25)14-28-23(26)15-27-20-12-11-17-5-4-6-19(17)13-20/h7-13,21H,3-6,14-15H2,1-2H3,(H,24,25)/t21-/m0/s1. The molecular weight excluding hydrogens is 354 g/mol. The predicted octanol–water partition coefficient (Wildman–Crippen LogP) is 3.67. The van der Waals surface area contributed by atoms with E-state index >= 15 is 0 Å². The van der Waals surface area contributed by atoms with Crippen molar-refractivity contribution in [3.63, 3.8) is 0 Å². The number of fused-ring (bicyclic) bond motifs is 1. The lowest BCUT2D eigenvalue weighted by Gasteiger charge is -2.17. The number of nitrogens with one attached hydrogen (secondary N) is 1. The van der Waals surface area contributed by atoms with E-state index in [2.05, 4.69) is 5.32 Å². The molecule has 1 atom stereocenters. The molecule has 1 aliphatic carbocycles. The molecular formula is C23H27NO4. The van der Waals surface area contributed by atoms with Gasteiger partial charge >= 0.3 is 5.97 Å². The summed E-state index contributed by atoms with van der Waals surface area (Å²) in [5, 5.41) is 2.90. The van der Waals surface area contributed by atoms with Crippen LogP contribution in [0.25, 0.3) is 0 Å². The molecule has 5 heteroatoms. The van der Waals surface area contributed by atoms with E-state index in [4.69, 9.17) is 9.47 Å². The molecule has 2 aromatic carbocycles. The van der Waals surface area contributed by atoms with Gasteiger partial charge in [0.2, 0.25) is 0 Å². The van der Waals surface area contributed by atoms with Gasteiger partial charge in [-0.15, -0.1) is 0 Å². The third-order valence-electron chi connectivity index (χ3n) is 5.01. The SMILES string of the molecule is CC[C@H](NC(=O)COC(=O)COc1ccc2c(c1)CCC2)c1ccc(C)cc1. The monoisotopic (exact) mass is 381 g/mol. The lowest BCUT2D eigenvalue weighted by molar-refractivity contribution is -0.150. The Morgan fingerprint density at radius 1 is 1.04 bits per heavy atom. The molecule has 28 heavy (non-hydrogen) atoms. The van der Waals surface area contributed by atoms with Gasteiger partial charge < -0.3 is 14.8 Å². The van der Waals surface area contributed by atoms with Crippen LogP contribution in [0, 0.1) is 6.92 Å². The minimum Gasteiger partial charge on any atom is -0.482 e. The first kappa shape index (κ1) is 19.9. The number of carbonyl (C=O) groups is 2. The fourth-order valence-electron chi connectivity index (χ4n) is 3.42. The van der Waals surface area contributed by atoms with E-state index in [0.29, 0.717) is 5.75 Å². The van der Waals surface area contributed by atoms with Crippen LogP contribution in [0.15, 0.2) is 42.5 Å². The molecule has 0 fully saturated rings. The van der Waals surface area contributed by atoms with Crippen molar-refractivity contribution in [2.45, 2.75) is 45.6 Å². The van der Waals surface area contributed by atoms with E-state index in [9.17, 15) is 9.59 Å². The summed E-state index contributed by atoms with van der Waals surface area (Å²) in [5.74, 6) is -0.218. The summed E-state index contributed by atoms with van der Waals surface area (Å²) in [5.41, 5.74) is 4.84. The highest BCUT2D eigenvalue weighted by Gasteiger charge is 2.15. The van der Waals surface area contributed by atoms with Gasteiger partial charge in [0.1, 0.15) is 5.75 Å². The molecule has 0 heterocycles. The molecule has 0 aliphatic heterocycles. The van der Waals surface area contributed by atoms with Crippen LogP contribution in [-0.4, -0.2) is 25.1 Å². The molecule has 0 saturated heterocycles. The summed E-state index contributed by atoms with van der Waals surface area (Å²) in [6.07, 6.45) is 4.08. The lowest BCUT2D eigenvalue weighted by Crippen LogP contribution is -2.32. The zero-order valence-electron chi connectivity index (χ0n) is 16.5. The first-order valence-corrected chi connectivity index (χ1v) is 9.81. The highest BCUT2D eigenvalue weighted by molar-refractivity contribution is 5.81. The maximum Gasteiger partial charge on any atom is 0.344 e. The quantitative estimate of drug-likeness (QED) is 0.709. The van der Waals surface area contributed by atoms with E-state index in [0.717, 1.165) is 31.2 Å². The number of carbonyl (C=O) groups excluding carboxylic acids is 2. The average Bonchev–Trinajstić information content (AvgIpc) is 3.17. The summed E-state index contributed by atoms with van der Waals surface area (Å²) in [4.78, 5) is 24.0. The number of ether oxygens (including phenoxy) is 2. The lowest BCUT2D eigenvalue weighted by atomic mass is 10.0. The Kier molecular flexibility index (Phi) is 6.69. The maximum absolute atomic E-state index is 12.1. The van der Waals surface area contributed by atoms with Crippen molar-refractivity contribution in [1.29, 1.82) is 0 Å². The van der Waals surface area contributed by atoms with Crippen molar-refractivity contribution >= 4 is 11.9 Å². The summed E-state index contributed by atoms with van der Waals surface area (Å²) in [7, 11) is 0. The first-order chi connectivity index (χ1) is 13.5. The van der Waals surface area contributed by atoms with Gasteiger partial charge in [0.25, 0.3) is 5.91 Å². The van der Waals surface area contributed by atoms with Crippen LogP contribution in [0.1, 0.15) is 48.1 Å². The van der Waals surface area contributed by atoms with E-state index in [-0.39, 0.29) is 25.2 Å². The summed E-state index contributed by atoms with van der Waals surface area (Å²) in [6.45, 7) is 3.50. The molecule has 148 valence electrons. The number of rotatable bonds is 8. The van der Waals surface area contributed by atoms with Gasteiger partial charge in [-0.3, -0.25) is 4.79 Å². The third-order valence-corrected chi connectivity index (χ3v) is 5.01. The van der Waals surface area contributed by atoms with Gasteiger partial charge in [-0.25, -0.2) is 4.79 Å². The minimum absolute atomic E-state index is 0.102. The third kappa shape index (κ3) is 5.35. The van der Waals surface area contributed by atoms with Crippen LogP contribution >= 0.6 is 0 Å². The Morgan fingerprint density at radius 2 is 1.79 bits per heavy atom. The summed E-state index contributed by atoms with van der Waals surface area (Å²) >= 11 is 0. The largest absolute Gasteiger partial charge is 0.482 e. The van der Waals surface area contributed by atoms with Crippen molar-refractivity contribution in [2.24, 2.45) is 0 Å². The van der Waals surface area contributed by atoms with E-state index in [1.54, 1.807) is 0 Å². The van der Waals surface area contributed by atoms with Crippen molar-refractivity contribution in [1.82, 2.24) is 5.32 Å². The Bertz CT molecular complexity index is 829. The summed E-state index contributed by atoms with van der Waals surface area (Å²) < 4.78 is 10.5. The second kappa shape index (κ2) is 9.40. The number of aryl methyl sites for hydroxylation is 3. The molecule has 5 nitrogen and oxygen atoms in total. The highest BCUT2D eigenvalue weighted by Crippen LogP contribution is 2.26. The average molecular weight is 381 g/mol. The normalized spacial score (nSPS) is 13.5. The van der Waals surface area contributed by atoms with Crippen molar-refractivity contribution in [2.75, 3.05) is 13.2 Å². The predicted molar refractivity (Wildman–Crippen MR) is 107 cm³/mol. The minimum atomic E-state index is -0.556. The van der Waals surface area contributed by atoms with Gasteiger partial charge in [0.15, 0.2) is 13.2 Å². The molecule has 0 bridgehead atoms. The number of esters is 1. The number of hydrogen-bond acceptors (Lipinski definition) is 4. The first-order valence-electron chi connectivity index (χ1n) is 9.81. The Morgan fingerprint density at radius 3 is 2.54 bits per heavy atom. The Hall–Kier alpha value is -2.82. The van der Waals surface area contributed by atoms with Crippen LogP contribution < -0.4 is 10.1 Å². The molecule has 0 unspecified atom stereocenters. The van der Waals surface area contributed by atoms with Crippen LogP contribution in [-0.2, 0) is 27.2 Å². The fraction of sp³-hybridized carbons (Fsp3) is 0.391. The van der Waals surface area contributed by atoms with Gasteiger partial charge in [-0.2, -0.15) is 0 Å². The zero-order valence-corrected chi connectivity index (χ0v) is 16.5. The molecule has 0 radical (unpaired) electrons. The zero-order chi connectivity index (χ0) is 19.9. The van der Waals surface area contributed by atoms with Gasteiger partial charge in [-0.1, -0.05) is 42.8 Å². The molecule has 0 saturated carbocycles. The van der Waals surface area contributed by atoms with Gasteiger partial charge in [0.05, 0.1) is 6.04 Å². The van der Waals surface area contributed by atoms with E-state index in [1.807, 2.05) is 56.3 Å². The highest BCUT2D eigenvalue weighted by atomic mass is 16.6. The van der Waals surface area contributed by atoms with Crippen molar-refractivity contribution < 1.29 is 19.1 Å². The molecule has 1 aliphatic rings. The smallest absolute Gasteiger partial charge is 0.344 e. The molecule has 0 spiro atoms. The number of amides is 1. The number of benzene rings is 2. The van der Waals surface area contributed by atoms with Gasteiger partial charge in [0, 0.05) is 0 Å². The molecule has 0 aromatic heterocycles. The second-order valence-corrected chi connectivity index (χ2v) is 7.17. The number of hydrogen-bond donors (Lipinski definition) is 1. The van der Waals surface area contributed by atoms with E-state index < -0.39 is 5.97 Å². The van der Waals surface area contributed by atoms with Crippen LogP contribution in [0.4, 0.5) is 0 Å². The van der Waals surface area contributed by atoms with Crippen molar-refractivity contribution in [3.05, 3.63) is 64.7 Å². The topological polar surface area (TPSA) is 64.6 Å². The second-order valence-electron chi connectivity index (χ2n) is 7.17. The van der Waals surface area contributed by atoms with E-state index in [1.165, 1.54) is 16.7 Å². The molecule has 2 aromatic rings.